The van der Waals surface area contributed by atoms with E-state index in [1.807, 2.05) is 0 Å². The van der Waals surface area contributed by atoms with Crippen LogP contribution in [0.2, 0.25) is 0 Å². The van der Waals surface area contributed by atoms with Crippen LogP contribution >= 0.6 is 31.9 Å². The van der Waals surface area contributed by atoms with Gasteiger partial charge in [-0.1, -0.05) is 31.9 Å². The van der Waals surface area contributed by atoms with Gasteiger partial charge in [-0.05, 0) is 70.3 Å². The third-order valence-electron chi connectivity index (χ3n) is 7.79. The molecule has 4 aromatic rings. The van der Waals surface area contributed by atoms with E-state index in [9.17, 15) is 18.8 Å². The number of carbonyl (C=O) groups excluding carboxylic acids is 1. The normalized spacial score (nSPS) is 17.9. The molecule has 0 radical (unpaired) electrons. The third-order valence-corrected chi connectivity index (χ3v) is 8.77. The lowest BCUT2D eigenvalue weighted by Crippen LogP contribution is -2.46. The molecule has 45 heavy (non-hydrogen) atoms. The van der Waals surface area contributed by atoms with Gasteiger partial charge in [0.15, 0.2) is 11.3 Å². The molecule has 2 aliphatic rings. The number of aromatic nitrogens is 4. The molecule has 10 nitrogen and oxygen atoms in total. The topological polar surface area (TPSA) is 133 Å². The Morgan fingerprint density at radius 1 is 0.822 bits per heavy atom. The number of carbonyl (C=O) groups is 1. The Morgan fingerprint density at radius 2 is 1.27 bits per heavy atom. The number of H-pyrrole nitrogens is 2. The minimum Gasteiger partial charge on any atom is -0.444 e. The number of nitrogens with zero attached hydrogens (tertiary/aromatic N) is 3. The predicted octanol–water partition coefficient (Wildman–Crippen LogP) is 6.12. The fourth-order valence-electron chi connectivity index (χ4n) is 5.31. The van der Waals surface area contributed by atoms with Crippen LogP contribution < -0.4 is 16.4 Å². The molecule has 0 atom stereocenters. The van der Waals surface area contributed by atoms with Crippen molar-refractivity contribution in [3.05, 3.63) is 77.7 Å². The minimum atomic E-state index is -1.78. The largest absolute Gasteiger partial charge is 0.444 e. The second-order valence-electron chi connectivity index (χ2n) is 12.3. The van der Waals surface area contributed by atoms with Crippen molar-refractivity contribution in [1.82, 2.24) is 30.2 Å². The van der Waals surface area contributed by atoms with Crippen LogP contribution in [0.1, 0.15) is 58.1 Å². The van der Waals surface area contributed by atoms with Crippen LogP contribution in [0.25, 0.3) is 21.8 Å². The highest BCUT2D eigenvalue weighted by molar-refractivity contribution is 9.10. The van der Waals surface area contributed by atoms with Gasteiger partial charge in [0, 0.05) is 47.7 Å². The zero-order valence-electron chi connectivity index (χ0n) is 25.1. The quantitative estimate of drug-likeness (QED) is 0.225. The predicted molar refractivity (Wildman–Crippen MR) is 175 cm³/mol. The fraction of sp³-hybridized carbons (Fsp3) is 0.452. The van der Waals surface area contributed by atoms with E-state index in [4.69, 9.17) is 4.74 Å². The van der Waals surface area contributed by atoms with Gasteiger partial charge in [0.1, 0.15) is 17.2 Å². The standard InChI is InChI=1S/C18H21BrFN3O3.C13H13BrFN3O/c1-17(2,3)26-16(25)23-8-6-18(20,7-9-23)15-21-13-5-4-11(19)10-12(13)14(24)22-15;14-8-1-2-10-9(7-8)11(19)18-12(17-10)13(15)3-5-16-6-4-13/h4-5,10H,6-9H2,1-3H3,(H,21,22,24);1-2,7,16H,3-6H2,(H,17,18,19). The van der Waals surface area contributed by atoms with Gasteiger partial charge < -0.3 is 24.9 Å². The molecule has 2 aliphatic heterocycles. The fourth-order valence-corrected chi connectivity index (χ4v) is 6.04. The highest BCUT2D eigenvalue weighted by atomic mass is 79.9. The SMILES string of the molecule is CC(C)(C)OC(=O)N1CCC(F)(c2nc3ccc(Br)cc3c(=O)[nH]2)CC1.O=c1[nH]c(C2(F)CCNCC2)nc2ccc(Br)cc12. The van der Waals surface area contributed by atoms with E-state index in [0.717, 1.165) is 8.95 Å². The van der Waals surface area contributed by atoms with E-state index < -0.39 is 23.0 Å². The zero-order valence-corrected chi connectivity index (χ0v) is 28.3. The van der Waals surface area contributed by atoms with Gasteiger partial charge in [0.2, 0.25) is 0 Å². The summed E-state index contributed by atoms with van der Waals surface area (Å²) in [6.07, 6.45) is 0.314. The summed E-state index contributed by atoms with van der Waals surface area (Å²) in [5.41, 5.74) is -3.61. The number of hydrogen-bond acceptors (Lipinski definition) is 7. The van der Waals surface area contributed by atoms with Crippen LogP contribution in [0.3, 0.4) is 0 Å². The molecule has 2 aromatic carbocycles. The number of ether oxygens (including phenoxy) is 1. The molecule has 0 aliphatic carbocycles. The highest BCUT2D eigenvalue weighted by Crippen LogP contribution is 2.36. The molecule has 0 saturated carbocycles. The smallest absolute Gasteiger partial charge is 0.410 e. The van der Waals surface area contributed by atoms with E-state index in [2.05, 4.69) is 57.1 Å². The average molecular weight is 752 g/mol. The van der Waals surface area contributed by atoms with Crippen LogP contribution in [0, 0.1) is 0 Å². The summed E-state index contributed by atoms with van der Waals surface area (Å²) in [7, 11) is 0. The number of fused-ring (bicyclic) bond motifs is 2. The first kappa shape index (κ1) is 33.1. The van der Waals surface area contributed by atoms with Crippen LogP contribution in [0.5, 0.6) is 0 Å². The zero-order chi connectivity index (χ0) is 32.6. The Labute approximate surface area is 274 Å². The monoisotopic (exact) mass is 750 g/mol. The molecule has 1 amide bonds. The van der Waals surface area contributed by atoms with E-state index in [1.54, 1.807) is 57.2 Å². The summed E-state index contributed by atoms with van der Waals surface area (Å²) in [6.45, 7) is 6.96. The van der Waals surface area contributed by atoms with Crippen LogP contribution in [-0.4, -0.2) is 62.7 Å². The van der Waals surface area contributed by atoms with Crippen molar-refractivity contribution >= 4 is 59.8 Å². The van der Waals surface area contributed by atoms with E-state index in [1.165, 1.54) is 4.90 Å². The molecule has 2 fully saturated rings. The van der Waals surface area contributed by atoms with Crippen LogP contribution in [-0.2, 0) is 16.1 Å². The number of piperidine rings is 2. The number of hydrogen-bond donors (Lipinski definition) is 3. The molecule has 2 aromatic heterocycles. The van der Waals surface area contributed by atoms with Crippen molar-refractivity contribution in [3.63, 3.8) is 0 Å². The van der Waals surface area contributed by atoms with Crippen molar-refractivity contribution in [1.29, 1.82) is 0 Å². The minimum absolute atomic E-state index is 0.0150. The van der Waals surface area contributed by atoms with Gasteiger partial charge in [-0.25, -0.2) is 23.5 Å². The third kappa shape index (κ3) is 7.60. The maximum absolute atomic E-state index is 15.4. The van der Waals surface area contributed by atoms with Gasteiger partial charge in [-0.15, -0.1) is 0 Å². The summed E-state index contributed by atoms with van der Waals surface area (Å²) in [4.78, 5) is 51.7. The number of benzene rings is 2. The number of nitrogens with one attached hydrogen (secondary N) is 3. The molecule has 3 N–H and O–H groups in total. The molecule has 0 unspecified atom stereocenters. The molecule has 0 bridgehead atoms. The number of aromatic amines is 2. The molecular formula is C31H34Br2F2N6O4. The van der Waals surface area contributed by atoms with Crippen molar-refractivity contribution in [3.8, 4) is 0 Å². The van der Waals surface area contributed by atoms with Gasteiger partial charge in [-0.3, -0.25) is 9.59 Å². The molecular weight excluding hydrogens is 718 g/mol. The van der Waals surface area contributed by atoms with Crippen molar-refractivity contribution in [2.24, 2.45) is 0 Å². The van der Waals surface area contributed by atoms with Crippen molar-refractivity contribution < 1.29 is 18.3 Å². The summed E-state index contributed by atoms with van der Waals surface area (Å²) in [5.74, 6) is 0.162. The molecule has 4 heterocycles. The Bertz CT molecular complexity index is 1840. The first-order chi connectivity index (χ1) is 21.2. The van der Waals surface area contributed by atoms with Gasteiger partial charge >= 0.3 is 6.09 Å². The molecule has 6 rings (SSSR count). The number of amides is 1. The molecule has 0 spiro atoms. The second kappa shape index (κ2) is 12.9. The second-order valence-corrected chi connectivity index (χ2v) is 14.1. The molecule has 240 valence electrons. The lowest BCUT2D eigenvalue weighted by Gasteiger charge is -2.36. The van der Waals surface area contributed by atoms with Crippen LogP contribution in [0.4, 0.5) is 13.6 Å². The van der Waals surface area contributed by atoms with Gasteiger partial charge in [0.05, 0.1) is 21.8 Å². The lowest BCUT2D eigenvalue weighted by atomic mass is 9.92. The van der Waals surface area contributed by atoms with E-state index in [-0.39, 0.29) is 48.7 Å². The van der Waals surface area contributed by atoms with E-state index in [0.29, 0.717) is 47.7 Å². The number of likely N-dealkylation sites (tertiary alicyclic amines) is 1. The first-order valence-corrected chi connectivity index (χ1v) is 16.2. The molecule has 2 saturated heterocycles. The Hall–Kier alpha value is -3.23. The summed E-state index contributed by atoms with van der Waals surface area (Å²) < 4.78 is 37.1. The Balaban J connectivity index is 0.000000186. The number of alkyl halides is 2. The summed E-state index contributed by atoms with van der Waals surface area (Å²) in [5, 5.41) is 3.97. The summed E-state index contributed by atoms with van der Waals surface area (Å²) in [6, 6.07) is 10.3. The number of halogens is 4. The first-order valence-electron chi connectivity index (χ1n) is 14.6. The number of rotatable bonds is 2. The Morgan fingerprint density at radius 3 is 1.71 bits per heavy atom. The van der Waals surface area contributed by atoms with Gasteiger partial charge in [-0.2, -0.15) is 0 Å². The van der Waals surface area contributed by atoms with Crippen LogP contribution in [0.15, 0.2) is 54.9 Å². The summed E-state index contributed by atoms with van der Waals surface area (Å²) >= 11 is 6.62. The van der Waals surface area contributed by atoms with Crippen molar-refractivity contribution in [2.45, 2.75) is 63.4 Å². The average Bonchev–Trinajstić information content (AvgIpc) is 2.98. The van der Waals surface area contributed by atoms with E-state index >= 15 is 4.39 Å². The Kier molecular flexibility index (Phi) is 9.48. The molecule has 14 heteroatoms. The maximum atomic E-state index is 15.4. The highest BCUT2D eigenvalue weighted by Gasteiger charge is 2.41. The lowest BCUT2D eigenvalue weighted by molar-refractivity contribution is 0.000195. The van der Waals surface area contributed by atoms with Crippen molar-refractivity contribution in [2.75, 3.05) is 26.2 Å². The van der Waals surface area contributed by atoms with Gasteiger partial charge in [0.25, 0.3) is 11.1 Å². The maximum Gasteiger partial charge on any atom is 0.410 e.